The highest BCUT2D eigenvalue weighted by atomic mass is 16.5. The summed E-state index contributed by atoms with van der Waals surface area (Å²) in [6.45, 7) is 3.24. The number of benzene rings is 1. The van der Waals surface area contributed by atoms with Gasteiger partial charge in [0, 0.05) is 20.2 Å². The first-order chi connectivity index (χ1) is 9.54. The number of rotatable bonds is 3. The molecule has 0 bridgehead atoms. The number of hydrogen-bond acceptors (Lipinski definition) is 3. The van der Waals surface area contributed by atoms with Crippen LogP contribution in [0.3, 0.4) is 0 Å². The lowest BCUT2D eigenvalue weighted by Crippen LogP contribution is -2.46. The molecule has 0 aliphatic carbocycles. The van der Waals surface area contributed by atoms with Crippen molar-refractivity contribution in [3.8, 4) is 0 Å². The Labute approximate surface area is 118 Å². The Morgan fingerprint density at radius 3 is 2.55 bits per heavy atom. The second kappa shape index (κ2) is 6.05. The number of carboxylic acid groups (broad SMARTS) is 1. The molecule has 0 aromatic heterocycles. The number of ether oxygens (including phenoxy) is 1. The van der Waals surface area contributed by atoms with Crippen LogP contribution in [0, 0.1) is 5.92 Å². The molecule has 1 aliphatic rings. The maximum absolute atomic E-state index is 12.5. The van der Waals surface area contributed by atoms with Gasteiger partial charge in [-0.3, -0.25) is 4.79 Å². The second-order valence-electron chi connectivity index (χ2n) is 5.14. The predicted molar refractivity (Wildman–Crippen MR) is 73.9 cm³/mol. The van der Waals surface area contributed by atoms with Gasteiger partial charge < -0.3 is 14.7 Å². The minimum Gasteiger partial charge on any atom is -0.478 e. The SMILES string of the molecule is COC1CN(C(=O)c2ccccc2C(=O)O)CCC1C. The Hall–Kier alpha value is -1.88. The molecule has 1 fully saturated rings. The second-order valence-corrected chi connectivity index (χ2v) is 5.14. The normalized spacial score (nSPS) is 22.6. The Morgan fingerprint density at radius 1 is 1.30 bits per heavy atom. The van der Waals surface area contributed by atoms with Crippen LogP contribution in [0.1, 0.15) is 34.1 Å². The zero-order chi connectivity index (χ0) is 14.7. The van der Waals surface area contributed by atoms with E-state index < -0.39 is 5.97 Å². The number of amides is 1. The van der Waals surface area contributed by atoms with Gasteiger partial charge in [-0.15, -0.1) is 0 Å². The number of carbonyl (C=O) groups excluding carboxylic acids is 1. The lowest BCUT2D eigenvalue weighted by molar-refractivity contribution is -0.00164. The Bertz CT molecular complexity index is 514. The van der Waals surface area contributed by atoms with E-state index in [4.69, 9.17) is 9.84 Å². The molecule has 2 atom stereocenters. The standard InChI is InChI=1S/C15H19NO4/c1-10-7-8-16(9-13(10)20-2)14(17)11-5-3-4-6-12(11)15(18)19/h3-6,10,13H,7-9H2,1-2H3,(H,18,19). The van der Waals surface area contributed by atoms with Crippen molar-refractivity contribution in [3.05, 3.63) is 35.4 Å². The zero-order valence-corrected chi connectivity index (χ0v) is 11.7. The highest BCUT2D eigenvalue weighted by molar-refractivity contribution is 6.04. The number of aromatic carboxylic acids is 1. The summed E-state index contributed by atoms with van der Waals surface area (Å²) in [4.78, 5) is 25.4. The van der Waals surface area contributed by atoms with Crippen molar-refractivity contribution in [1.82, 2.24) is 4.90 Å². The number of nitrogens with zero attached hydrogens (tertiary/aromatic N) is 1. The predicted octanol–water partition coefficient (Wildman–Crippen LogP) is 1.88. The summed E-state index contributed by atoms with van der Waals surface area (Å²) in [6.07, 6.45) is 0.865. The first kappa shape index (κ1) is 14.5. The molecule has 0 spiro atoms. The molecule has 5 heteroatoms. The van der Waals surface area contributed by atoms with Crippen molar-refractivity contribution < 1.29 is 19.4 Å². The van der Waals surface area contributed by atoms with E-state index in [1.165, 1.54) is 6.07 Å². The maximum Gasteiger partial charge on any atom is 0.336 e. The summed E-state index contributed by atoms with van der Waals surface area (Å²) >= 11 is 0. The Morgan fingerprint density at radius 2 is 1.95 bits per heavy atom. The fourth-order valence-electron chi connectivity index (χ4n) is 2.55. The molecular weight excluding hydrogens is 258 g/mol. The van der Waals surface area contributed by atoms with Gasteiger partial charge in [0.2, 0.25) is 0 Å². The van der Waals surface area contributed by atoms with Gasteiger partial charge in [-0.1, -0.05) is 19.1 Å². The zero-order valence-electron chi connectivity index (χ0n) is 11.7. The van der Waals surface area contributed by atoms with Crippen LogP contribution in [-0.4, -0.2) is 48.2 Å². The van der Waals surface area contributed by atoms with E-state index in [1.54, 1.807) is 30.2 Å². The van der Waals surface area contributed by atoms with Gasteiger partial charge in [0.25, 0.3) is 5.91 Å². The highest BCUT2D eigenvalue weighted by Crippen LogP contribution is 2.22. The van der Waals surface area contributed by atoms with Crippen LogP contribution in [0.2, 0.25) is 0 Å². The lowest BCUT2D eigenvalue weighted by Gasteiger charge is -2.36. The number of carboxylic acids is 1. The summed E-state index contributed by atoms with van der Waals surface area (Å²) in [5, 5.41) is 9.16. The van der Waals surface area contributed by atoms with Gasteiger partial charge in [0.1, 0.15) is 0 Å². The van der Waals surface area contributed by atoms with Crippen LogP contribution in [0.25, 0.3) is 0 Å². The van der Waals surface area contributed by atoms with E-state index in [2.05, 4.69) is 6.92 Å². The summed E-state index contributed by atoms with van der Waals surface area (Å²) in [7, 11) is 1.64. The molecule has 0 saturated carbocycles. The third kappa shape index (κ3) is 2.82. The smallest absolute Gasteiger partial charge is 0.336 e. The molecule has 0 radical (unpaired) electrons. The molecule has 2 unspecified atom stereocenters. The van der Waals surface area contributed by atoms with Crippen molar-refractivity contribution in [2.45, 2.75) is 19.4 Å². The van der Waals surface area contributed by atoms with Gasteiger partial charge >= 0.3 is 5.97 Å². The third-order valence-corrected chi connectivity index (χ3v) is 3.87. The van der Waals surface area contributed by atoms with E-state index in [0.717, 1.165) is 6.42 Å². The van der Waals surface area contributed by atoms with Crippen molar-refractivity contribution >= 4 is 11.9 Å². The van der Waals surface area contributed by atoms with Crippen LogP contribution in [0.5, 0.6) is 0 Å². The summed E-state index contributed by atoms with van der Waals surface area (Å²) in [5.74, 6) is -0.918. The van der Waals surface area contributed by atoms with Gasteiger partial charge in [-0.2, -0.15) is 0 Å². The van der Waals surface area contributed by atoms with Crippen molar-refractivity contribution in [1.29, 1.82) is 0 Å². The minimum atomic E-state index is -1.08. The molecule has 20 heavy (non-hydrogen) atoms. The van der Waals surface area contributed by atoms with Crippen molar-refractivity contribution in [2.24, 2.45) is 5.92 Å². The number of carbonyl (C=O) groups is 2. The van der Waals surface area contributed by atoms with Crippen molar-refractivity contribution in [3.63, 3.8) is 0 Å². The third-order valence-electron chi connectivity index (χ3n) is 3.87. The van der Waals surface area contributed by atoms with E-state index in [1.807, 2.05) is 0 Å². The summed E-state index contributed by atoms with van der Waals surface area (Å²) < 4.78 is 5.39. The van der Waals surface area contributed by atoms with Crippen LogP contribution in [0.15, 0.2) is 24.3 Å². The number of piperidine rings is 1. The van der Waals surface area contributed by atoms with Gasteiger partial charge in [-0.05, 0) is 24.5 Å². The number of methoxy groups -OCH3 is 1. The first-order valence-corrected chi connectivity index (χ1v) is 6.69. The monoisotopic (exact) mass is 277 g/mol. The topological polar surface area (TPSA) is 66.8 Å². The molecule has 1 aromatic rings. The molecular formula is C15H19NO4. The summed E-state index contributed by atoms with van der Waals surface area (Å²) in [5.41, 5.74) is 0.287. The van der Waals surface area contributed by atoms with E-state index in [9.17, 15) is 9.59 Å². The number of hydrogen-bond donors (Lipinski definition) is 1. The maximum atomic E-state index is 12.5. The Balaban J connectivity index is 2.22. The van der Waals surface area contributed by atoms with Gasteiger partial charge in [0.15, 0.2) is 0 Å². The van der Waals surface area contributed by atoms with Gasteiger partial charge in [0.05, 0.1) is 17.2 Å². The molecule has 2 rings (SSSR count). The quantitative estimate of drug-likeness (QED) is 0.916. The minimum absolute atomic E-state index is 0.00434. The molecule has 1 heterocycles. The average Bonchev–Trinajstić information content (AvgIpc) is 2.47. The van der Waals surface area contributed by atoms with Crippen LogP contribution in [0.4, 0.5) is 0 Å². The summed E-state index contributed by atoms with van der Waals surface area (Å²) in [6, 6.07) is 6.32. The largest absolute Gasteiger partial charge is 0.478 e. The Kier molecular flexibility index (Phi) is 4.39. The highest BCUT2D eigenvalue weighted by Gasteiger charge is 2.30. The first-order valence-electron chi connectivity index (χ1n) is 6.69. The van der Waals surface area contributed by atoms with Crippen LogP contribution >= 0.6 is 0 Å². The van der Waals surface area contributed by atoms with E-state index >= 15 is 0 Å². The molecule has 108 valence electrons. The van der Waals surface area contributed by atoms with Crippen LogP contribution < -0.4 is 0 Å². The van der Waals surface area contributed by atoms with Crippen LogP contribution in [-0.2, 0) is 4.74 Å². The molecule has 1 amide bonds. The molecule has 1 aliphatic heterocycles. The molecule has 5 nitrogen and oxygen atoms in total. The fourth-order valence-corrected chi connectivity index (χ4v) is 2.55. The average molecular weight is 277 g/mol. The number of likely N-dealkylation sites (tertiary alicyclic amines) is 1. The molecule has 1 aromatic carbocycles. The van der Waals surface area contributed by atoms with E-state index in [-0.39, 0.29) is 23.1 Å². The van der Waals surface area contributed by atoms with Gasteiger partial charge in [-0.25, -0.2) is 4.79 Å². The molecule has 1 saturated heterocycles. The fraction of sp³-hybridized carbons (Fsp3) is 0.467. The lowest BCUT2D eigenvalue weighted by atomic mass is 9.95. The van der Waals surface area contributed by atoms with Crippen molar-refractivity contribution in [2.75, 3.05) is 20.2 Å². The van der Waals surface area contributed by atoms with E-state index in [0.29, 0.717) is 19.0 Å². The molecule has 1 N–H and O–H groups in total.